The Hall–Kier alpha value is -0.900. The van der Waals surface area contributed by atoms with E-state index in [2.05, 4.69) is 12.1 Å². The third-order valence-electron chi connectivity index (χ3n) is 3.89. The number of aryl methyl sites for hydroxylation is 1. The Labute approximate surface area is 114 Å². The van der Waals surface area contributed by atoms with Crippen LogP contribution in [0.5, 0.6) is 0 Å². The first kappa shape index (κ1) is 14.5. The van der Waals surface area contributed by atoms with Crippen molar-refractivity contribution in [2.24, 2.45) is 5.92 Å². The highest BCUT2D eigenvalue weighted by atomic mass is 16.3. The van der Waals surface area contributed by atoms with Crippen molar-refractivity contribution in [3.63, 3.8) is 0 Å². The molecule has 1 aromatic carbocycles. The topological polar surface area (TPSA) is 60.7 Å². The Morgan fingerprint density at radius 2 is 1.84 bits per heavy atom. The lowest BCUT2D eigenvalue weighted by atomic mass is 9.95. The van der Waals surface area contributed by atoms with Gasteiger partial charge in [0.2, 0.25) is 0 Å². The molecule has 1 aliphatic rings. The molecule has 4 atom stereocenters. The molecular weight excluding hydrogens is 240 g/mol. The number of hydrogen-bond donors (Lipinski definition) is 3. The minimum Gasteiger partial charge on any atom is -0.393 e. The predicted octanol–water partition coefficient (Wildman–Crippen LogP) is 1.71. The van der Waals surface area contributed by atoms with Crippen LogP contribution in [0.2, 0.25) is 0 Å². The van der Waals surface area contributed by atoms with E-state index in [1.807, 2.05) is 18.2 Å². The molecule has 0 spiro atoms. The monoisotopic (exact) mass is 263 g/mol. The van der Waals surface area contributed by atoms with E-state index in [-0.39, 0.29) is 12.0 Å². The SMILES string of the molecule is O[C@@H](CCc1ccccc1)CC[C@H]1[CH][C@H](O)C[C@H]1O. The van der Waals surface area contributed by atoms with Gasteiger partial charge in [-0.3, -0.25) is 0 Å². The van der Waals surface area contributed by atoms with Gasteiger partial charge in [0.25, 0.3) is 0 Å². The van der Waals surface area contributed by atoms with E-state index in [9.17, 15) is 15.3 Å². The summed E-state index contributed by atoms with van der Waals surface area (Å²) in [4.78, 5) is 0. The van der Waals surface area contributed by atoms with Crippen molar-refractivity contribution in [1.82, 2.24) is 0 Å². The van der Waals surface area contributed by atoms with Gasteiger partial charge >= 0.3 is 0 Å². The molecule has 2 rings (SSSR count). The lowest BCUT2D eigenvalue weighted by Crippen LogP contribution is -2.17. The number of rotatable bonds is 6. The molecule has 1 aliphatic carbocycles. The average molecular weight is 263 g/mol. The van der Waals surface area contributed by atoms with Crippen LogP contribution in [0, 0.1) is 12.3 Å². The first-order valence-corrected chi connectivity index (χ1v) is 7.08. The predicted molar refractivity (Wildman–Crippen MR) is 74.4 cm³/mol. The molecule has 0 bridgehead atoms. The highest BCUT2D eigenvalue weighted by Crippen LogP contribution is 2.29. The van der Waals surface area contributed by atoms with Crippen LogP contribution < -0.4 is 0 Å². The Morgan fingerprint density at radius 3 is 2.47 bits per heavy atom. The van der Waals surface area contributed by atoms with E-state index in [0.717, 1.165) is 19.3 Å². The van der Waals surface area contributed by atoms with Gasteiger partial charge in [-0.2, -0.15) is 0 Å². The summed E-state index contributed by atoms with van der Waals surface area (Å²) in [7, 11) is 0. The molecule has 0 amide bonds. The summed E-state index contributed by atoms with van der Waals surface area (Å²) in [6, 6.07) is 10.1. The molecule has 1 saturated carbocycles. The second-order valence-electron chi connectivity index (χ2n) is 5.48. The zero-order valence-electron chi connectivity index (χ0n) is 11.2. The van der Waals surface area contributed by atoms with Gasteiger partial charge in [0.1, 0.15) is 0 Å². The second kappa shape index (κ2) is 7.04. The van der Waals surface area contributed by atoms with Crippen LogP contribution in [0.3, 0.4) is 0 Å². The molecule has 1 radical (unpaired) electrons. The van der Waals surface area contributed by atoms with Gasteiger partial charge in [0.05, 0.1) is 18.3 Å². The summed E-state index contributed by atoms with van der Waals surface area (Å²) in [5, 5.41) is 29.1. The van der Waals surface area contributed by atoms with Crippen LogP contribution in [0.1, 0.15) is 31.2 Å². The summed E-state index contributed by atoms with van der Waals surface area (Å²) in [5.74, 6) is 0.0291. The molecule has 3 nitrogen and oxygen atoms in total. The maximum Gasteiger partial charge on any atom is 0.0600 e. The zero-order chi connectivity index (χ0) is 13.7. The van der Waals surface area contributed by atoms with Gasteiger partial charge in [-0.25, -0.2) is 0 Å². The third-order valence-corrected chi connectivity index (χ3v) is 3.89. The van der Waals surface area contributed by atoms with Crippen molar-refractivity contribution in [1.29, 1.82) is 0 Å². The molecule has 19 heavy (non-hydrogen) atoms. The molecule has 0 aliphatic heterocycles. The van der Waals surface area contributed by atoms with Crippen LogP contribution >= 0.6 is 0 Å². The lowest BCUT2D eigenvalue weighted by Gasteiger charge is -2.16. The van der Waals surface area contributed by atoms with Crippen molar-refractivity contribution in [2.45, 2.75) is 50.4 Å². The molecule has 105 valence electrons. The maximum atomic E-state index is 9.96. The fraction of sp³-hybridized carbons (Fsp3) is 0.562. The van der Waals surface area contributed by atoms with E-state index < -0.39 is 12.2 Å². The summed E-state index contributed by atoms with van der Waals surface area (Å²) >= 11 is 0. The van der Waals surface area contributed by atoms with E-state index >= 15 is 0 Å². The maximum absolute atomic E-state index is 9.96. The molecule has 3 heteroatoms. The number of aliphatic hydroxyl groups excluding tert-OH is 3. The highest BCUT2D eigenvalue weighted by molar-refractivity contribution is 5.14. The third kappa shape index (κ3) is 4.60. The summed E-state index contributed by atoms with van der Waals surface area (Å²) in [5.41, 5.74) is 1.24. The minimum atomic E-state index is -0.485. The van der Waals surface area contributed by atoms with Crippen LogP contribution in [0.25, 0.3) is 0 Å². The quantitative estimate of drug-likeness (QED) is 0.732. The lowest BCUT2D eigenvalue weighted by molar-refractivity contribution is 0.102. The van der Waals surface area contributed by atoms with Gasteiger partial charge < -0.3 is 15.3 Å². The van der Waals surface area contributed by atoms with E-state index in [1.165, 1.54) is 5.56 Å². The van der Waals surface area contributed by atoms with E-state index in [4.69, 9.17) is 0 Å². The van der Waals surface area contributed by atoms with Gasteiger partial charge in [-0.15, -0.1) is 0 Å². The fourth-order valence-corrected chi connectivity index (χ4v) is 2.71. The number of benzene rings is 1. The van der Waals surface area contributed by atoms with Gasteiger partial charge in [-0.05, 0) is 50.0 Å². The highest BCUT2D eigenvalue weighted by Gasteiger charge is 2.31. The molecule has 1 aromatic rings. The number of hydrogen-bond acceptors (Lipinski definition) is 3. The molecule has 0 unspecified atom stereocenters. The van der Waals surface area contributed by atoms with Crippen LogP contribution in [-0.2, 0) is 6.42 Å². The summed E-state index contributed by atoms with van der Waals surface area (Å²) in [6.45, 7) is 0. The second-order valence-corrected chi connectivity index (χ2v) is 5.48. The standard InChI is InChI=1S/C16H23O3/c17-14(8-6-12-4-2-1-3-5-12)9-7-13-10-15(18)11-16(13)19/h1-5,10,13-19H,6-9,11H2/t13-,14-,15-,16+/m0/s1. The first-order valence-electron chi connectivity index (χ1n) is 7.08. The van der Waals surface area contributed by atoms with Crippen molar-refractivity contribution in [3.05, 3.63) is 42.3 Å². The number of aliphatic hydroxyl groups is 3. The van der Waals surface area contributed by atoms with Crippen molar-refractivity contribution < 1.29 is 15.3 Å². The molecule has 0 aromatic heterocycles. The molecule has 0 heterocycles. The van der Waals surface area contributed by atoms with Gasteiger partial charge in [-0.1, -0.05) is 30.3 Å². The van der Waals surface area contributed by atoms with Crippen molar-refractivity contribution in [3.8, 4) is 0 Å². The van der Waals surface area contributed by atoms with E-state index in [1.54, 1.807) is 6.42 Å². The molecular formula is C16H23O3. The van der Waals surface area contributed by atoms with Crippen LogP contribution in [0.4, 0.5) is 0 Å². The summed E-state index contributed by atoms with van der Waals surface area (Å²) in [6.07, 6.45) is 4.01. The van der Waals surface area contributed by atoms with Crippen molar-refractivity contribution >= 4 is 0 Å². The zero-order valence-corrected chi connectivity index (χ0v) is 11.2. The Morgan fingerprint density at radius 1 is 1.11 bits per heavy atom. The molecule has 3 N–H and O–H groups in total. The Bertz CT molecular complexity index is 366. The first-order chi connectivity index (χ1) is 9.15. The van der Waals surface area contributed by atoms with Crippen LogP contribution in [-0.4, -0.2) is 33.6 Å². The summed E-state index contributed by atoms with van der Waals surface area (Å²) < 4.78 is 0. The fourth-order valence-electron chi connectivity index (χ4n) is 2.71. The van der Waals surface area contributed by atoms with E-state index in [0.29, 0.717) is 12.8 Å². The van der Waals surface area contributed by atoms with Gasteiger partial charge in [0.15, 0.2) is 0 Å². The molecule has 1 fully saturated rings. The Kier molecular flexibility index (Phi) is 5.37. The largest absolute Gasteiger partial charge is 0.393 e. The smallest absolute Gasteiger partial charge is 0.0600 e. The minimum absolute atomic E-state index is 0.0291. The van der Waals surface area contributed by atoms with Crippen molar-refractivity contribution in [2.75, 3.05) is 0 Å². The normalized spacial score (nSPS) is 28.5. The van der Waals surface area contributed by atoms with Crippen LogP contribution in [0.15, 0.2) is 30.3 Å². The Balaban J connectivity index is 1.66. The average Bonchev–Trinajstić information content (AvgIpc) is 2.73. The molecule has 0 saturated heterocycles. The van der Waals surface area contributed by atoms with Gasteiger partial charge in [0, 0.05) is 0 Å².